The van der Waals surface area contributed by atoms with Gasteiger partial charge in [-0.1, -0.05) is 172 Å². The van der Waals surface area contributed by atoms with Crippen LogP contribution in [-0.2, 0) is 100 Å². The van der Waals surface area contributed by atoms with Crippen molar-refractivity contribution in [3.05, 3.63) is 155 Å². The van der Waals surface area contributed by atoms with Gasteiger partial charge in [0.1, 0.15) is 66.4 Å². The van der Waals surface area contributed by atoms with E-state index in [4.69, 9.17) is 35.2 Å². The fourth-order valence-corrected chi connectivity index (χ4v) is 20.2. The minimum absolute atomic E-state index is 0.0193. The van der Waals surface area contributed by atoms with Crippen molar-refractivity contribution in [2.24, 2.45) is 47.0 Å². The molecule has 1 aliphatic carbocycles. The number of para-hydroxylation sites is 1. The standard InChI is InChI=1S/C51H79NO13.C49H66N10O10S2/c1-30-16-12-11-13-17-31(2)42(61-8)28-38-21-19-36(7)51(60,65-38)48(57)49(58)52-23-15-14-18-39(52)50(59)64-43(33(4)26-37-20-22-40(53)44(27-37)62-9)29-41(54)32(3)25-35(6)46(56)47(63-10)45(55)34(5)24-30;1-28(61)39(25-60)56-48(68)41-27-71-70-26-40(57-43(63)34(51)21-30-13-5-3-6-14-30)47(67)54-37(22-31-15-7-4-8-16-31)45(65)55-38(23-32-24-52-35-18-10-9-17-33(32)35)46(66)53-36(19-11-12-20-50)44(64)59-42(29(2)62)49(69)58-41/h11-13,16-17,25,30,32-34,36-40,42-44,46-47,53,56,60H,14-15,18-24,26-29H2,1-10H3;3-10,13-18,24,28-29,34,36-42,52,60-62H,11-12,19-23,25-27,50-51H2,1-2H3,(H,53,66)(H,54,67)(H,55,65)(H,56,68)(H,57,63)(H,58,69)(H,59,64)/b13-11+,16-12-,31-17+,35-25+;/t30-,32-,33-,34-,36-,37+,38+,39+,40-,42+,43+,44-,46-,47+,51-;28-,29-,34-,36+,37+,38-,39-,40+,41+,42+/m11/s1. The van der Waals surface area contributed by atoms with Crippen LogP contribution in [-0.4, -0.2) is 279 Å². The number of unbranched alkanes of at least 4 members (excludes halogenated alkanes) is 1. The Morgan fingerprint density at radius 1 is 0.699 bits per heavy atom. The Morgan fingerprint density at radius 2 is 1.35 bits per heavy atom. The number of nitrogens with zero attached hydrogens (tertiary/aromatic N) is 1. The topological polar surface area (TPSA) is 528 Å². The minimum Gasteiger partial charge on any atom is -0.460 e. The first-order valence-electron chi connectivity index (χ1n) is 47.4. The maximum absolute atomic E-state index is 14.7. The van der Waals surface area contributed by atoms with Crippen molar-refractivity contribution in [3.8, 4) is 0 Å². The van der Waals surface area contributed by atoms with Crippen LogP contribution in [0.1, 0.15) is 175 Å². The van der Waals surface area contributed by atoms with E-state index >= 15 is 0 Å². The number of aromatic amines is 1. The summed E-state index contributed by atoms with van der Waals surface area (Å²) in [5, 5.41) is 84.3. The molecule has 0 unspecified atom stereocenters. The summed E-state index contributed by atoms with van der Waals surface area (Å²) in [5.41, 5.74) is 16.3. The van der Waals surface area contributed by atoms with E-state index in [1.165, 1.54) is 25.9 Å². The van der Waals surface area contributed by atoms with Gasteiger partial charge < -0.3 is 113 Å². The largest absolute Gasteiger partial charge is 0.460 e. The van der Waals surface area contributed by atoms with Crippen LogP contribution in [0.25, 0.3) is 10.9 Å². The molecular weight excluding hydrogens is 1790 g/mol. The van der Waals surface area contributed by atoms with Gasteiger partial charge in [-0.2, -0.15) is 0 Å². The molecule has 8 amide bonds. The molecule has 136 heavy (non-hydrogen) atoms. The normalized spacial score (nSPS) is 31.2. The van der Waals surface area contributed by atoms with E-state index in [0.29, 0.717) is 87.3 Å². The molecule has 9 rings (SSSR count). The molecule has 4 aromatic rings. The average Bonchev–Trinajstić information content (AvgIpc) is 0.867. The molecule has 5 heterocycles. The Bertz CT molecular complexity index is 4730. The molecule has 3 saturated heterocycles. The van der Waals surface area contributed by atoms with Crippen molar-refractivity contribution in [1.82, 2.24) is 47.1 Å². The number of nitrogens with two attached hydrogens (primary N) is 2. The zero-order valence-corrected chi connectivity index (χ0v) is 81.9. The Balaban J connectivity index is 0.000000336. The Kier molecular flexibility index (Phi) is 45.6. The molecule has 36 heteroatoms. The number of methoxy groups -OCH3 is 3. The second kappa shape index (κ2) is 55.4. The number of H-pyrrole nitrogens is 1. The number of allylic oxidation sites excluding steroid dienone is 6. The number of nitrogens with one attached hydrogen (secondary N) is 8. The monoisotopic (exact) mass is 1930 g/mol. The van der Waals surface area contributed by atoms with E-state index in [1.54, 1.807) is 102 Å². The van der Waals surface area contributed by atoms with E-state index in [9.17, 15) is 88.2 Å². The van der Waals surface area contributed by atoms with Crippen LogP contribution in [0.3, 0.4) is 0 Å². The lowest BCUT2D eigenvalue weighted by Crippen LogP contribution is -2.62. The van der Waals surface area contributed by atoms with Crippen LogP contribution >= 0.6 is 21.6 Å². The van der Waals surface area contributed by atoms with Crippen LogP contribution in [0.15, 0.2) is 139 Å². The third-order valence-corrected chi connectivity index (χ3v) is 28.8. The number of hydrogen-bond acceptors (Lipinski definition) is 27. The van der Waals surface area contributed by atoms with Gasteiger partial charge in [0.15, 0.2) is 5.78 Å². The molecule has 1 saturated carbocycles. The van der Waals surface area contributed by atoms with E-state index in [2.05, 4.69) is 42.2 Å². The van der Waals surface area contributed by atoms with E-state index in [0.717, 1.165) is 50.0 Å². The number of fused-ring (bicyclic) bond motifs is 4. The number of aliphatic hydroxyl groups is 6. The van der Waals surface area contributed by atoms with Crippen molar-refractivity contribution in [3.63, 3.8) is 0 Å². The number of esters is 1. The molecule has 4 fully saturated rings. The summed E-state index contributed by atoms with van der Waals surface area (Å²) in [5.74, 6) is -14.0. The van der Waals surface area contributed by atoms with Crippen molar-refractivity contribution in [1.29, 1.82) is 0 Å². The van der Waals surface area contributed by atoms with Gasteiger partial charge in [0, 0.05) is 99.9 Å². The summed E-state index contributed by atoms with van der Waals surface area (Å²) < 4.78 is 29.4. The van der Waals surface area contributed by atoms with Crippen molar-refractivity contribution in [2.75, 3.05) is 52.5 Å². The Labute approximate surface area is 805 Å². The van der Waals surface area contributed by atoms with Gasteiger partial charge in [-0.05, 0) is 176 Å². The lowest BCUT2D eigenvalue weighted by Gasteiger charge is -2.42. The molecular formula is C100H145N11O23S2. The van der Waals surface area contributed by atoms with E-state index < -0.39 is 192 Å². The fraction of sp³-hybridized carbons (Fsp3) is 0.600. The average molecular weight is 1930 g/mol. The van der Waals surface area contributed by atoms with Crippen LogP contribution in [0.4, 0.5) is 0 Å². The van der Waals surface area contributed by atoms with Crippen molar-refractivity contribution in [2.45, 2.75) is 293 Å². The minimum atomic E-state index is -2.43. The highest BCUT2D eigenvalue weighted by Gasteiger charge is 2.54. The second-order valence-electron chi connectivity index (χ2n) is 37.1. The number of hydrogen-bond donors (Lipinski definition) is 16. The summed E-state index contributed by atoms with van der Waals surface area (Å²) in [4.78, 5) is 175. The maximum atomic E-state index is 14.7. The van der Waals surface area contributed by atoms with Gasteiger partial charge in [-0.15, -0.1) is 0 Å². The Hall–Kier alpha value is -9.38. The molecule has 0 radical (unpaired) electrons. The molecule has 18 N–H and O–H groups in total. The number of aliphatic hydroxyl groups excluding tert-OH is 5. The predicted octanol–water partition coefficient (Wildman–Crippen LogP) is 5.38. The number of ether oxygens (including phenoxy) is 5. The maximum Gasteiger partial charge on any atom is 0.329 e. The van der Waals surface area contributed by atoms with Gasteiger partial charge in [0.2, 0.25) is 47.1 Å². The quantitative estimate of drug-likeness (QED) is 0.0146. The molecule has 750 valence electrons. The Morgan fingerprint density at radius 3 is 2.01 bits per heavy atom. The van der Waals surface area contributed by atoms with Gasteiger partial charge >= 0.3 is 5.97 Å². The number of aromatic nitrogens is 1. The highest BCUT2D eigenvalue weighted by molar-refractivity contribution is 8.76. The highest BCUT2D eigenvalue weighted by atomic mass is 33.1. The van der Waals surface area contributed by atoms with Gasteiger partial charge in [0.25, 0.3) is 11.7 Å². The first kappa shape index (κ1) is 112. The van der Waals surface area contributed by atoms with Crippen LogP contribution in [0.2, 0.25) is 0 Å². The summed E-state index contributed by atoms with van der Waals surface area (Å²) in [6, 6.07) is 13.5. The summed E-state index contributed by atoms with van der Waals surface area (Å²) in [6.45, 7) is 15.0. The lowest BCUT2D eigenvalue weighted by atomic mass is 9.78. The van der Waals surface area contributed by atoms with Crippen LogP contribution in [0, 0.1) is 35.5 Å². The first-order chi connectivity index (χ1) is 64.8. The zero-order valence-electron chi connectivity index (χ0n) is 80.3. The van der Waals surface area contributed by atoms with Gasteiger partial charge in [0.05, 0.1) is 55.3 Å². The summed E-state index contributed by atoms with van der Waals surface area (Å²) >= 11 is 0. The third-order valence-electron chi connectivity index (χ3n) is 26.3. The molecule has 2 bridgehead atoms. The fourth-order valence-electron chi connectivity index (χ4n) is 17.8. The summed E-state index contributed by atoms with van der Waals surface area (Å²) in [6.07, 6.45) is 11.0. The molecule has 0 spiro atoms. The smallest absolute Gasteiger partial charge is 0.329 e. The molecule has 3 aromatic carbocycles. The third kappa shape index (κ3) is 32.9. The number of rotatable bonds is 23. The number of piperidine rings is 1. The highest BCUT2D eigenvalue weighted by Crippen LogP contribution is 2.39. The predicted molar refractivity (Wildman–Crippen MR) is 517 cm³/mol. The van der Waals surface area contributed by atoms with Gasteiger partial charge in [-0.25, -0.2) is 4.79 Å². The number of Topliss-reactive ketones (excluding diaryl/α,β-unsaturated/α-hetero) is 3. The lowest BCUT2D eigenvalue weighted by molar-refractivity contribution is -0.265. The second-order valence-corrected chi connectivity index (χ2v) is 39.6. The molecule has 4 aliphatic heterocycles. The number of carbonyl (C=O) groups excluding carboxylic acids is 12. The summed E-state index contributed by atoms with van der Waals surface area (Å²) in [7, 11) is 6.58. The molecule has 25 atom stereocenters. The van der Waals surface area contributed by atoms with Crippen LogP contribution in [0.5, 0.6) is 0 Å². The number of amides is 8. The van der Waals surface area contributed by atoms with Crippen molar-refractivity contribution < 1.29 is 112 Å². The number of benzene rings is 3. The first-order valence-corrected chi connectivity index (χ1v) is 49.9. The van der Waals surface area contributed by atoms with Crippen molar-refractivity contribution >= 4 is 103 Å². The zero-order chi connectivity index (χ0) is 99.6. The number of carbonyl (C=O) groups is 12. The van der Waals surface area contributed by atoms with E-state index in [1.807, 2.05) is 88.4 Å². The van der Waals surface area contributed by atoms with Gasteiger partial charge in [-0.3, -0.25) is 52.7 Å². The molecule has 1 aromatic heterocycles. The van der Waals surface area contributed by atoms with E-state index in [-0.39, 0.29) is 98.5 Å². The number of cyclic esters (lactones) is 1. The molecule has 5 aliphatic rings. The number of ketones is 3. The van der Waals surface area contributed by atoms with Crippen LogP contribution < -0.4 is 48.7 Å². The molecule has 34 nitrogen and oxygen atoms in total. The SMILES string of the molecule is CO[C@H]1C[C@@H]2CC[C@@H](C)[C@@](O)(O2)C(=O)C(=O)N2CCCC[C@H]2C(=O)O[C@H]([C@H](C)C[C@@H]2CC[C@@H](O)[C@H](OC)C2)CC(=O)[C@H](C)/C=C(\C)[C@@H](O)[C@@H](OC)C(=O)[C@H](C)C[C@H](C)\C=C/C=C/C=C/1C.C[C@@H](O)[C@@H]1NC(=O)[C@H](CCCCN)NC(=O)[C@@H](Cc2c[nH]c3ccccc23)NC(=O)[C@H](Cc2ccccc2)NC(=O)[C@@H](NC(=O)[C@H](N)Cc2ccccc2)CSSC[C@@H](C(=O)N[C@H](CO)[C@@H](C)O)NC1=O.